The molecule has 0 amide bonds. The van der Waals surface area contributed by atoms with E-state index in [1.807, 2.05) is 11.8 Å². The van der Waals surface area contributed by atoms with Crippen molar-refractivity contribution in [1.29, 1.82) is 0 Å². The second-order valence-electron chi connectivity index (χ2n) is 1.76. The van der Waals surface area contributed by atoms with Crippen molar-refractivity contribution < 1.29 is 4.79 Å². The third-order valence-corrected chi connectivity index (χ3v) is 2.23. The maximum atomic E-state index is 9.88. The maximum absolute atomic E-state index is 9.88. The molecule has 1 saturated heterocycles. The molecule has 0 unspecified atom stereocenters. The first-order chi connectivity index (χ1) is 3.93. The molecule has 1 fully saturated rings. The van der Waals surface area contributed by atoms with Crippen LogP contribution in [0.25, 0.3) is 0 Å². The molecule has 1 aliphatic rings. The monoisotopic (exact) mass is 128 g/mol. The summed E-state index contributed by atoms with van der Waals surface area (Å²) in [5, 5.41) is 0. The molecular weight excluding hydrogens is 120 g/mol. The fraction of sp³-hybridized carbons (Fsp3) is 0.500. The summed E-state index contributed by atoms with van der Waals surface area (Å²) in [6.45, 7) is 0. The van der Waals surface area contributed by atoms with Crippen molar-refractivity contribution in [3.8, 4) is 0 Å². The maximum Gasteiger partial charge on any atom is 0.142 e. The van der Waals surface area contributed by atoms with Gasteiger partial charge in [-0.05, 0) is 18.2 Å². The smallest absolute Gasteiger partial charge is 0.142 e. The summed E-state index contributed by atoms with van der Waals surface area (Å²) < 4.78 is 0. The molecule has 0 aliphatic carbocycles. The zero-order chi connectivity index (χ0) is 5.82. The number of hydrogen-bond donors (Lipinski definition) is 0. The van der Waals surface area contributed by atoms with Gasteiger partial charge in [0.15, 0.2) is 0 Å². The average molecular weight is 128 g/mol. The lowest BCUT2D eigenvalue weighted by atomic mass is 10.2. The second-order valence-corrected chi connectivity index (χ2v) is 2.87. The van der Waals surface area contributed by atoms with E-state index in [1.54, 1.807) is 6.08 Å². The highest BCUT2D eigenvalue weighted by Gasteiger charge is 2.04. The van der Waals surface area contributed by atoms with Gasteiger partial charge in [-0.25, -0.2) is 0 Å². The van der Waals surface area contributed by atoms with Crippen molar-refractivity contribution in [2.45, 2.75) is 6.42 Å². The summed E-state index contributed by atoms with van der Waals surface area (Å²) in [6, 6.07) is 0. The van der Waals surface area contributed by atoms with Crippen molar-refractivity contribution in [2.24, 2.45) is 0 Å². The molecule has 0 aromatic carbocycles. The van der Waals surface area contributed by atoms with E-state index in [2.05, 4.69) is 0 Å². The van der Waals surface area contributed by atoms with Gasteiger partial charge in [-0.3, -0.25) is 4.79 Å². The van der Waals surface area contributed by atoms with Gasteiger partial charge in [-0.15, -0.1) is 0 Å². The van der Waals surface area contributed by atoms with Crippen LogP contribution in [0.5, 0.6) is 0 Å². The molecule has 0 radical (unpaired) electrons. The Hall–Kier alpha value is -0.240. The van der Waals surface area contributed by atoms with Crippen LogP contribution < -0.4 is 0 Å². The topological polar surface area (TPSA) is 17.1 Å². The third kappa shape index (κ3) is 1.37. The van der Waals surface area contributed by atoms with Gasteiger partial charge in [0.05, 0.1) is 0 Å². The first kappa shape index (κ1) is 5.89. The summed E-state index contributed by atoms with van der Waals surface area (Å²) in [6.07, 6.45) is 3.67. The largest absolute Gasteiger partial charge is 0.299 e. The van der Waals surface area contributed by atoms with E-state index in [0.717, 1.165) is 18.5 Å². The molecule has 0 spiro atoms. The van der Waals surface area contributed by atoms with Gasteiger partial charge in [-0.1, -0.05) is 5.57 Å². The average Bonchev–Trinajstić information content (AvgIpc) is 2.19. The Bertz CT molecular complexity index is 110. The van der Waals surface area contributed by atoms with E-state index in [1.165, 1.54) is 11.3 Å². The highest BCUT2D eigenvalue weighted by Crippen LogP contribution is 2.21. The summed E-state index contributed by atoms with van der Waals surface area (Å²) in [5.74, 6) is 2.26. The van der Waals surface area contributed by atoms with Gasteiger partial charge in [0.25, 0.3) is 0 Å². The summed E-state index contributed by atoms with van der Waals surface area (Å²) in [4.78, 5) is 9.88. The SMILES string of the molecule is O=C/C=C1\CCSC1. The number of rotatable bonds is 1. The molecular formula is C6H8OS. The van der Waals surface area contributed by atoms with Crippen molar-refractivity contribution in [3.63, 3.8) is 0 Å². The van der Waals surface area contributed by atoms with E-state index in [9.17, 15) is 4.79 Å². The molecule has 2 heteroatoms. The van der Waals surface area contributed by atoms with Crippen LogP contribution in [0.3, 0.4) is 0 Å². The van der Waals surface area contributed by atoms with Crippen LogP contribution in [0.1, 0.15) is 6.42 Å². The van der Waals surface area contributed by atoms with Gasteiger partial charge < -0.3 is 0 Å². The minimum absolute atomic E-state index is 0.876. The summed E-state index contributed by atoms with van der Waals surface area (Å²) in [5.41, 5.74) is 1.30. The molecule has 1 nitrogen and oxygen atoms in total. The molecule has 1 aliphatic heterocycles. The highest BCUT2D eigenvalue weighted by atomic mass is 32.2. The fourth-order valence-corrected chi connectivity index (χ4v) is 1.76. The number of thioether (sulfide) groups is 1. The summed E-state index contributed by atoms with van der Waals surface area (Å²) >= 11 is 1.89. The van der Waals surface area contributed by atoms with E-state index in [4.69, 9.17) is 0 Å². The van der Waals surface area contributed by atoms with Gasteiger partial charge in [-0.2, -0.15) is 11.8 Å². The van der Waals surface area contributed by atoms with E-state index >= 15 is 0 Å². The van der Waals surface area contributed by atoms with Gasteiger partial charge in [0.2, 0.25) is 0 Å². The normalized spacial score (nSPS) is 24.2. The molecule has 0 bridgehead atoms. The Morgan fingerprint density at radius 2 is 2.50 bits per heavy atom. The molecule has 0 N–H and O–H groups in total. The van der Waals surface area contributed by atoms with Gasteiger partial charge in [0.1, 0.15) is 6.29 Å². The molecule has 0 aromatic rings. The molecule has 8 heavy (non-hydrogen) atoms. The molecule has 0 aromatic heterocycles. The van der Waals surface area contributed by atoms with E-state index in [0.29, 0.717) is 0 Å². The van der Waals surface area contributed by atoms with Gasteiger partial charge >= 0.3 is 0 Å². The Morgan fingerprint density at radius 1 is 1.62 bits per heavy atom. The first-order valence-electron chi connectivity index (χ1n) is 2.64. The van der Waals surface area contributed by atoms with Crippen LogP contribution in [0.4, 0.5) is 0 Å². The molecule has 0 atom stereocenters. The Balaban J connectivity index is 2.44. The quantitative estimate of drug-likeness (QED) is 0.390. The first-order valence-corrected chi connectivity index (χ1v) is 3.80. The Morgan fingerprint density at radius 3 is 3.00 bits per heavy atom. The predicted octanol–water partition coefficient (Wildman–Crippen LogP) is 1.25. The summed E-state index contributed by atoms with van der Waals surface area (Å²) in [7, 11) is 0. The van der Waals surface area contributed by atoms with Crippen molar-refractivity contribution in [3.05, 3.63) is 11.6 Å². The van der Waals surface area contributed by atoms with Crippen molar-refractivity contribution in [1.82, 2.24) is 0 Å². The highest BCUT2D eigenvalue weighted by molar-refractivity contribution is 7.99. The van der Waals surface area contributed by atoms with Gasteiger partial charge in [0, 0.05) is 5.75 Å². The lowest BCUT2D eigenvalue weighted by Gasteiger charge is -1.83. The van der Waals surface area contributed by atoms with Crippen LogP contribution in [-0.4, -0.2) is 17.8 Å². The van der Waals surface area contributed by atoms with Crippen LogP contribution in [-0.2, 0) is 4.79 Å². The zero-order valence-corrected chi connectivity index (χ0v) is 5.41. The van der Waals surface area contributed by atoms with Crippen LogP contribution in [0.15, 0.2) is 11.6 Å². The van der Waals surface area contributed by atoms with E-state index in [-0.39, 0.29) is 0 Å². The number of aldehydes is 1. The standard InChI is InChI=1S/C6H8OS/c7-3-1-6-2-4-8-5-6/h1,3H,2,4-5H2/b6-1+. The number of allylic oxidation sites excluding steroid dienone is 1. The molecule has 44 valence electrons. The Kier molecular flexibility index (Phi) is 2.15. The number of carbonyl (C=O) groups is 1. The number of carbonyl (C=O) groups excluding carboxylic acids is 1. The fourth-order valence-electron chi connectivity index (χ4n) is 0.706. The molecule has 0 saturated carbocycles. The lowest BCUT2D eigenvalue weighted by Crippen LogP contribution is -1.76. The lowest BCUT2D eigenvalue weighted by molar-refractivity contribution is -0.104. The zero-order valence-electron chi connectivity index (χ0n) is 4.59. The minimum Gasteiger partial charge on any atom is -0.299 e. The van der Waals surface area contributed by atoms with Crippen LogP contribution in [0.2, 0.25) is 0 Å². The van der Waals surface area contributed by atoms with Crippen molar-refractivity contribution in [2.75, 3.05) is 11.5 Å². The van der Waals surface area contributed by atoms with Crippen molar-refractivity contribution >= 4 is 18.0 Å². The second kappa shape index (κ2) is 2.92. The number of hydrogen-bond acceptors (Lipinski definition) is 2. The predicted molar refractivity (Wildman–Crippen MR) is 36.1 cm³/mol. The minimum atomic E-state index is 0.876. The van der Waals surface area contributed by atoms with Crippen LogP contribution in [0, 0.1) is 0 Å². The van der Waals surface area contributed by atoms with Crippen LogP contribution >= 0.6 is 11.8 Å². The molecule has 1 rings (SSSR count). The third-order valence-electron chi connectivity index (χ3n) is 1.16. The van der Waals surface area contributed by atoms with E-state index < -0.39 is 0 Å². The molecule has 1 heterocycles. The Labute approximate surface area is 53.2 Å².